The average Bonchev–Trinajstić information content (AvgIpc) is 2.28. The van der Waals surface area contributed by atoms with Gasteiger partial charge in [-0.05, 0) is 25.3 Å². The van der Waals surface area contributed by atoms with Gasteiger partial charge in [0.1, 0.15) is 0 Å². The van der Waals surface area contributed by atoms with Crippen molar-refractivity contribution in [2.24, 2.45) is 0 Å². The van der Waals surface area contributed by atoms with Gasteiger partial charge in [-0.1, -0.05) is 29.8 Å². The summed E-state index contributed by atoms with van der Waals surface area (Å²) in [5.41, 5.74) is 2.39. The normalized spacial score (nSPS) is 24.4. The minimum Gasteiger partial charge on any atom is -0.436 e. The molecular formula is C14H18O3. The van der Waals surface area contributed by atoms with E-state index in [0.717, 1.165) is 19.3 Å². The van der Waals surface area contributed by atoms with Crippen molar-refractivity contribution in [3.8, 4) is 0 Å². The van der Waals surface area contributed by atoms with Crippen LogP contribution in [0, 0.1) is 6.92 Å². The van der Waals surface area contributed by atoms with Gasteiger partial charge in [-0.15, -0.1) is 0 Å². The second-order valence-corrected chi connectivity index (χ2v) is 4.51. The highest BCUT2D eigenvalue weighted by molar-refractivity contribution is 5.66. The molecule has 0 saturated carbocycles. The summed E-state index contributed by atoms with van der Waals surface area (Å²) in [6, 6.07) is 8.29. The Kier molecular flexibility index (Phi) is 3.79. The summed E-state index contributed by atoms with van der Waals surface area (Å²) in [5.74, 6) is -0.278. The Bertz CT molecular complexity index is 400. The molecule has 2 rings (SSSR count). The molecule has 1 fully saturated rings. The van der Waals surface area contributed by atoms with Gasteiger partial charge >= 0.3 is 5.97 Å². The van der Waals surface area contributed by atoms with Gasteiger partial charge in [0.15, 0.2) is 0 Å². The minimum absolute atomic E-state index is 0.0491. The summed E-state index contributed by atoms with van der Waals surface area (Å²) >= 11 is 0. The standard InChI is InChI=1S/C14H18O3/c1-10-5-3-6-12(9-10)13-7-4-8-14(17-13)16-11(2)15/h3,5-6,9,13-14H,4,7-8H2,1-2H3. The highest BCUT2D eigenvalue weighted by Gasteiger charge is 2.25. The maximum Gasteiger partial charge on any atom is 0.304 e. The molecule has 1 aromatic carbocycles. The van der Waals surface area contributed by atoms with E-state index in [0.29, 0.717) is 0 Å². The molecule has 0 aliphatic carbocycles. The molecule has 0 radical (unpaired) electrons. The van der Waals surface area contributed by atoms with Crippen molar-refractivity contribution < 1.29 is 14.3 Å². The molecule has 3 nitrogen and oxygen atoms in total. The lowest BCUT2D eigenvalue weighted by Gasteiger charge is -2.29. The highest BCUT2D eigenvalue weighted by Crippen LogP contribution is 2.31. The fourth-order valence-corrected chi connectivity index (χ4v) is 2.18. The van der Waals surface area contributed by atoms with Crippen molar-refractivity contribution in [2.75, 3.05) is 0 Å². The maximum atomic E-state index is 10.9. The van der Waals surface area contributed by atoms with Gasteiger partial charge in [0.05, 0.1) is 6.10 Å². The molecule has 3 heteroatoms. The van der Waals surface area contributed by atoms with Gasteiger partial charge in [-0.2, -0.15) is 0 Å². The van der Waals surface area contributed by atoms with Gasteiger partial charge < -0.3 is 9.47 Å². The van der Waals surface area contributed by atoms with Gasteiger partial charge in [0.2, 0.25) is 6.29 Å². The number of carbonyl (C=O) groups excluding carboxylic acids is 1. The molecule has 1 saturated heterocycles. The molecule has 1 aliphatic rings. The predicted molar refractivity (Wildman–Crippen MR) is 64.4 cm³/mol. The minimum atomic E-state index is -0.383. The van der Waals surface area contributed by atoms with Crippen LogP contribution in [0.15, 0.2) is 24.3 Å². The molecule has 0 amide bonds. The van der Waals surface area contributed by atoms with Crippen LogP contribution in [-0.4, -0.2) is 12.3 Å². The number of hydrogen-bond donors (Lipinski definition) is 0. The summed E-state index contributed by atoms with van der Waals surface area (Å²) < 4.78 is 10.9. The Morgan fingerprint density at radius 3 is 2.94 bits per heavy atom. The summed E-state index contributed by atoms with van der Waals surface area (Å²) in [6.45, 7) is 3.48. The summed E-state index contributed by atoms with van der Waals surface area (Å²) in [5, 5.41) is 0. The van der Waals surface area contributed by atoms with Crippen molar-refractivity contribution in [3.05, 3.63) is 35.4 Å². The van der Waals surface area contributed by atoms with Crippen LogP contribution in [0.5, 0.6) is 0 Å². The number of ether oxygens (including phenoxy) is 2. The number of esters is 1. The van der Waals surface area contributed by atoms with Gasteiger partial charge in [0, 0.05) is 13.3 Å². The fraction of sp³-hybridized carbons (Fsp3) is 0.500. The van der Waals surface area contributed by atoms with Crippen LogP contribution in [0.4, 0.5) is 0 Å². The number of hydrogen-bond acceptors (Lipinski definition) is 3. The Labute approximate surface area is 102 Å². The van der Waals surface area contributed by atoms with Crippen LogP contribution in [0.3, 0.4) is 0 Å². The Morgan fingerprint density at radius 1 is 1.41 bits per heavy atom. The summed E-state index contributed by atoms with van der Waals surface area (Å²) in [4.78, 5) is 10.9. The zero-order chi connectivity index (χ0) is 12.3. The quantitative estimate of drug-likeness (QED) is 0.737. The molecule has 0 bridgehead atoms. The van der Waals surface area contributed by atoms with Crippen LogP contribution in [-0.2, 0) is 14.3 Å². The van der Waals surface area contributed by atoms with Crippen LogP contribution in [0.25, 0.3) is 0 Å². The topological polar surface area (TPSA) is 35.5 Å². The molecule has 0 N–H and O–H groups in total. The van der Waals surface area contributed by atoms with E-state index in [4.69, 9.17) is 9.47 Å². The van der Waals surface area contributed by atoms with Gasteiger partial charge in [-0.3, -0.25) is 4.79 Å². The number of carbonyl (C=O) groups is 1. The Balaban J connectivity index is 2.04. The lowest BCUT2D eigenvalue weighted by atomic mass is 9.99. The van der Waals surface area contributed by atoms with E-state index in [1.807, 2.05) is 6.07 Å². The third-order valence-electron chi connectivity index (χ3n) is 2.93. The smallest absolute Gasteiger partial charge is 0.304 e. The molecule has 92 valence electrons. The molecule has 0 aromatic heterocycles. The number of rotatable bonds is 2. The molecule has 17 heavy (non-hydrogen) atoms. The SMILES string of the molecule is CC(=O)OC1CCCC(c2cccc(C)c2)O1. The average molecular weight is 234 g/mol. The van der Waals surface area contributed by atoms with E-state index in [1.54, 1.807) is 0 Å². The van der Waals surface area contributed by atoms with Crippen LogP contribution in [0.1, 0.15) is 43.4 Å². The molecule has 1 aliphatic heterocycles. The first-order valence-corrected chi connectivity index (χ1v) is 6.04. The van der Waals surface area contributed by atoms with E-state index in [-0.39, 0.29) is 18.4 Å². The molecule has 1 heterocycles. The Morgan fingerprint density at radius 2 is 2.24 bits per heavy atom. The zero-order valence-electron chi connectivity index (χ0n) is 10.3. The van der Waals surface area contributed by atoms with Crippen LogP contribution in [0.2, 0.25) is 0 Å². The fourth-order valence-electron chi connectivity index (χ4n) is 2.18. The monoisotopic (exact) mass is 234 g/mol. The summed E-state index contributed by atoms with van der Waals surface area (Å²) in [6.07, 6.45) is 2.47. The Hall–Kier alpha value is -1.35. The molecule has 2 unspecified atom stereocenters. The lowest BCUT2D eigenvalue weighted by Crippen LogP contribution is -2.26. The largest absolute Gasteiger partial charge is 0.436 e. The number of benzene rings is 1. The van der Waals surface area contributed by atoms with Crippen LogP contribution < -0.4 is 0 Å². The molecular weight excluding hydrogens is 216 g/mol. The first kappa shape index (κ1) is 12.1. The molecule has 1 aromatic rings. The maximum absolute atomic E-state index is 10.9. The van der Waals surface area contributed by atoms with Crippen molar-refractivity contribution in [2.45, 2.75) is 45.5 Å². The first-order valence-electron chi connectivity index (χ1n) is 6.04. The van der Waals surface area contributed by atoms with E-state index >= 15 is 0 Å². The lowest BCUT2D eigenvalue weighted by molar-refractivity contribution is -0.201. The molecule has 0 spiro atoms. The number of aryl methyl sites for hydroxylation is 1. The second-order valence-electron chi connectivity index (χ2n) is 4.51. The van der Waals surface area contributed by atoms with Gasteiger partial charge in [-0.25, -0.2) is 0 Å². The summed E-state index contributed by atoms with van der Waals surface area (Å²) in [7, 11) is 0. The van der Waals surface area contributed by atoms with E-state index in [1.165, 1.54) is 18.1 Å². The van der Waals surface area contributed by atoms with E-state index in [2.05, 4.69) is 25.1 Å². The van der Waals surface area contributed by atoms with E-state index in [9.17, 15) is 4.79 Å². The highest BCUT2D eigenvalue weighted by atomic mass is 16.7. The van der Waals surface area contributed by atoms with Crippen molar-refractivity contribution >= 4 is 5.97 Å². The van der Waals surface area contributed by atoms with Crippen molar-refractivity contribution in [1.82, 2.24) is 0 Å². The second kappa shape index (κ2) is 5.32. The first-order chi connectivity index (χ1) is 8.15. The van der Waals surface area contributed by atoms with E-state index < -0.39 is 0 Å². The molecule has 2 atom stereocenters. The van der Waals surface area contributed by atoms with Gasteiger partial charge in [0.25, 0.3) is 0 Å². The van der Waals surface area contributed by atoms with Crippen molar-refractivity contribution in [3.63, 3.8) is 0 Å². The third kappa shape index (κ3) is 3.30. The predicted octanol–water partition coefficient (Wildman–Crippen LogP) is 3.13. The van der Waals surface area contributed by atoms with Crippen molar-refractivity contribution in [1.29, 1.82) is 0 Å². The third-order valence-corrected chi connectivity index (χ3v) is 2.93. The zero-order valence-corrected chi connectivity index (χ0v) is 10.3. The van der Waals surface area contributed by atoms with Crippen LogP contribution >= 0.6 is 0 Å².